The molecule has 1 aliphatic heterocycles. The molecule has 1 saturated heterocycles. The molecule has 1 atom stereocenters. The minimum Gasteiger partial charge on any atom is -0.465 e. The van der Waals surface area contributed by atoms with Crippen LogP contribution in [0.1, 0.15) is 12.8 Å². The minimum atomic E-state index is -0.605. The van der Waals surface area contributed by atoms with Gasteiger partial charge in [0.2, 0.25) is 0 Å². The molecule has 0 aromatic carbocycles. The fraction of sp³-hybridized carbons (Fsp3) is 0.556. The van der Waals surface area contributed by atoms with Crippen LogP contribution in [-0.2, 0) is 14.3 Å². The second kappa shape index (κ2) is 4.63. The number of ether oxygens (including phenoxy) is 2. The van der Waals surface area contributed by atoms with Gasteiger partial charge in [-0.3, -0.25) is 0 Å². The zero-order valence-corrected chi connectivity index (χ0v) is 8.16. The highest BCUT2D eigenvalue weighted by Gasteiger charge is 2.24. The van der Waals surface area contributed by atoms with Gasteiger partial charge < -0.3 is 14.8 Å². The molecular weight excluding hydrogens is 184 g/mol. The SMILES string of the molecule is COC(=O)/C(C#N)=C1/CC[C@H](OC)N1. The van der Waals surface area contributed by atoms with Gasteiger partial charge in [-0.15, -0.1) is 0 Å². The van der Waals surface area contributed by atoms with Crippen molar-refractivity contribution in [1.29, 1.82) is 5.26 Å². The van der Waals surface area contributed by atoms with E-state index < -0.39 is 5.97 Å². The maximum absolute atomic E-state index is 11.1. The van der Waals surface area contributed by atoms with Crippen molar-refractivity contribution in [2.45, 2.75) is 19.1 Å². The summed E-state index contributed by atoms with van der Waals surface area (Å²) in [5, 5.41) is 11.7. The predicted molar refractivity (Wildman–Crippen MR) is 47.8 cm³/mol. The van der Waals surface area contributed by atoms with E-state index in [0.717, 1.165) is 6.42 Å². The second-order valence-corrected chi connectivity index (χ2v) is 2.86. The van der Waals surface area contributed by atoms with E-state index in [1.807, 2.05) is 6.07 Å². The van der Waals surface area contributed by atoms with Crippen molar-refractivity contribution in [3.63, 3.8) is 0 Å². The molecule has 0 saturated carbocycles. The Balaban J connectivity index is 2.82. The van der Waals surface area contributed by atoms with Gasteiger partial charge in [-0.2, -0.15) is 5.26 Å². The van der Waals surface area contributed by atoms with Crippen LogP contribution in [0, 0.1) is 11.3 Å². The number of carbonyl (C=O) groups is 1. The Kier molecular flexibility index (Phi) is 3.48. The van der Waals surface area contributed by atoms with Crippen molar-refractivity contribution in [1.82, 2.24) is 5.32 Å². The highest BCUT2D eigenvalue weighted by Crippen LogP contribution is 2.19. The van der Waals surface area contributed by atoms with Crippen LogP contribution in [0.3, 0.4) is 0 Å². The highest BCUT2D eigenvalue weighted by atomic mass is 16.5. The van der Waals surface area contributed by atoms with Gasteiger partial charge in [0.25, 0.3) is 0 Å². The average molecular weight is 196 g/mol. The topological polar surface area (TPSA) is 71.4 Å². The molecule has 0 aromatic rings. The Morgan fingerprint density at radius 2 is 2.36 bits per heavy atom. The van der Waals surface area contributed by atoms with Crippen LogP contribution in [0.5, 0.6) is 0 Å². The lowest BCUT2D eigenvalue weighted by Gasteiger charge is -2.08. The summed E-state index contributed by atoms with van der Waals surface area (Å²) < 4.78 is 9.53. The summed E-state index contributed by atoms with van der Waals surface area (Å²) in [6, 6.07) is 1.83. The molecule has 1 heterocycles. The lowest BCUT2D eigenvalue weighted by atomic mass is 10.2. The van der Waals surface area contributed by atoms with Crippen molar-refractivity contribution >= 4 is 5.97 Å². The third-order valence-electron chi connectivity index (χ3n) is 2.08. The number of nitriles is 1. The molecule has 0 bridgehead atoms. The maximum atomic E-state index is 11.1. The molecule has 5 heteroatoms. The lowest BCUT2D eigenvalue weighted by Crippen LogP contribution is -2.23. The van der Waals surface area contributed by atoms with Crippen LogP contribution in [0.2, 0.25) is 0 Å². The van der Waals surface area contributed by atoms with Gasteiger partial charge in [-0.1, -0.05) is 0 Å². The molecule has 0 aromatic heterocycles. The quantitative estimate of drug-likeness (QED) is 0.390. The molecule has 0 radical (unpaired) electrons. The number of methoxy groups -OCH3 is 2. The van der Waals surface area contributed by atoms with E-state index in [1.165, 1.54) is 7.11 Å². The third-order valence-corrected chi connectivity index (χ3v) is 2.08. The van der Waals surface area contributed by atoms with E-state index in [2.05, 4.69) is 10.1 Å². The van der Waals surface area contributed by atoms with Crippen molar-refractivity contribution in [2.75, 3.05) is 14.2 Å². The van der Waals surface area contributed by atoms with E-state index in [4.69, 9.17) is 10.00 Å². The van der Waals surface area contributed by atoms with Crippen molar-refractivity contribution in [2.24, 2.45) is 0 Å². The first-order chi connectivity index (χ1) is 6.72. The lowest BCUT2D eigenvalue weighted by molar-refractivity contribution is -0.135. The number of hydrogen-bond acceptors (Lipinski definition) is 5. The molecule has 1 aliphatic rings. The normalized spacial score (nSPS) is 23.6. The minimum absolute atomic E-state index is 0.0343. The fourth-order valence-electron chi connectivity index (χ4n) is 1.33. The molecular formula is C9H12N2O3. The van der Waals surface area contributed by atoms with Crippen LogP contribution in [0.25, 0.3) is 0 Å². The standard InChI is InChI=1S/C9H12N2O3/c1-13-8-4-3-7(11-8)6(5-10)9(12)14-2/h8,11H,3-4H2,1-2H3/b7-6-/t8-/m0/s1. The number of allylic oxidation sites excluding steroid dienone is 1. The van der Waals surface area contributed by atoms with E-state index in [0.29, 0.717) is 12.1 Å². The monoisotopic (exact) mass is 196 g/mol. The Morgan fingerprint density at radius 3 is 2.79 bits per heavy atom. The van der Waals surface area contributed by atoms with Crippen molar-refractivity contribution < 1.29 is 14.3 Å². The predicted octanol–water partition coefficient (Wildman–Crippen LogP) is 0.293. The van der Waals surface area contributed by atoms with Gasteiger partial charge in [0.15, 0.2) is 5.57 Å². The zero-order chi connectivity index (χ0) is 10.6. The van der Waals surface area contributed by atoms with Crippen LogP contribution in [0.4, 0.5) is 0 Å². The summed E-state index contributed by atoms with van der Waals surface area (Å²) in [6.45, 7) is 0. The molecule has 0 unspecified atom stereocenters. The smallest absolute Gasteiger partial charge is 0.350 e. The van der Waals surface area contributed by atoms with E-state index in [-0.39, 0.29) is 11.8 Å². The molecule has 14 heavy (non-hydrogen) atoms. The van der Waals surface area contributed by atoms with Crippen molar-refractivity contribution in [3.05, 3.63) is 11.3 Å². The van der Waals surface area contributed by atoms with Gasteiger partial charge >= 0.3 is 5.97 Å². The van der Waals surface area contributed by atoms with Gasteiger partial charge in [0, 0.05) is 12.8 Å². The summed E-state index contributed by atoms with van der Waals surface area (Å²) >= 11 is 0. The van der Waals surface area contributed by atoms with Crippen LogP contribution >= 0.6 is 0 Å². The molecule has 1 fully saturated rings. The molecule has 5 nitrogen and oxygen atoms in total. The number of nitrogens with zero attached hydrogens (tertiary/aromatic N) is 1. The molecule has 0 amide bonds. The first kappa shape index (κ1) is 10.5. The van der Waals surface area contributed by atoms with Crippen molar-refractivity contribution in [3.8, 4) is 6.07 Å². The summed E-state index contributed by atoms with van der Waals surface area (Å²) in [5.74, 6) is -0.605. The molecule has 76 valence electrons. The van der Waals surface area contributed by atoms with Gasteiger partial charge in [0.1, 0.15) is 12.3 Å². The van der Waals surface area contributed by atoms with Crippen LogP contribution in [-0.4, -0.2) is 26.4 Å². The molecule has 1 rings (SSSR count). The first-order valence-corrected chi connectivity index (χ1v) is 4.23. The van der Waals surface area contributed by atoms with Gasteiger partial charge in [-0.25, -0.2) is 4.79 Å². The molecule has 0 spiro atoms. The number of esters is 1. The maximum Gasteiger partial charge on any atom is 0.350 e. The Bertz CT molecular complexity index is 304. The van der Waals surface area contributed by atoms with Crippen LogP contribution in [0.15, 0.2) is 11.3 Å². The summed E-state index contributed by atoms with van der Waals surface area (Å²) in [5.41, 5.74) is 0.637. The second-order valence-electron chi connectivity index (χ2n) is 2.86. The average Bonchev–Trinajstić information content (AvgIpc) is 2.67. The summed E-state index contributed by atoms with van der Waals surface area (Å²) in [4.78, 5) is 11.1. The number of nitrogens with one attached hydrogen (secondary N) is 1. The fourth-order valence-corrected chi connectivity index (χ4v) is 1.33. The molecule has 1 N–H and O–H groups in total. The highest BCUT2D eigenvalue weighted by molar-refractivity contribution is 5.93. The van der Waals surface area contributed by atoms with Gasteiger partial charge in [0.05, 0.1) is 7.11 Å². The number of hydrogen-bond donors (Lipinski definition) is 1. The zero-order valence-electron chi connectivity index (χ0n) is 8.16. The Labute approximate surface area is 82.3 Å². The number of rotatable bonds is 2. The third kappa shape index (κ3) is 2.03. The largest absolute Gasteiger partial charge is 0.465 e. The van der Waals surface area contributed by atoms with Gasteiger partial charge in [-0.05, 0) is 12.8 Å². The Morgan fingerprint density at radius 1 is 1.64 bits per heavy atom. The summed E-state index contributed by atoms with van der Waals surface area (Å²) in [7, 11) is 2.83. The summed E-state index contributed by atoms with van der Waals surface area (Å²) in [6.07, 6.45) is 1.28. The first-order valence-electron chi connectivity index (χ1n) is 4.23. The number of carbonyl (C=O) groups excluding carboxylic acids is 1. The van der Waals surface area contributed by atoms with E-state index >= 15 is 0 Å². The van der Waals surface area contributed by atoms with E-state index in [1.54, 1.807) is 7.11 Å². The molecule has 0 aliphatic carbocycles. The Hall–Kier alpha value is -1.54. The van der Waals surface area contributed by atoms with Crippen LogP contribution < -0.4 is 5.32 Å². The van der Waals surface area contributed by atoms with E-state index in [9.17, 15) is 4.79 Å².